The highest BCUT2D eigenvalue weighted by atomic mass is 19.1. The highest BCUT2D eigenvalue weighted by Crippen LogP contribution is 2.21. The quantitative estimate of drug-likeness (QED) is 0.928. The molecule has 2 N–H and O–H groups in total. The first-order chi connectivity index (χ1) is 10.1. The maximum atomic E-state index is 13.1. The number of hydrogen-bond donors (Lipinski definition) is 1. The van der Waals surface area contributed by atoms with Gasteiger partial charge >= 0.3 is 6.03 Å². The van der Waals surface area contributed by atoms with Crippen LogP contribution in [0.3, 0.4) is 0 Å². The molecule has 2 rings (SSSR count). The Morgan fingerprint density at radius 3 is 2.76 bits per heavy atom. The Bertz CT molecular complexity index is 463. The van der Waals surface area contributed by atoms with Crippen molar-refractivity contribution >= 4 is 11.7 Å². The van der Waals surface area contributed by atoms with Gasteiger partial charge in [0.2, 0.25) is 0 Å². The minimum Gasteiger partial charge on any atom is -0.330 e. The van der Waals surface area contributed by atoms with Gasteiger partial charge in [-0.2, -0.15) is 0 Å². The number of anilines is 1. The van der Waals surface area contributed by atoms with Crippen LogP contribution in [0.4, 0.5) is 14.9 Å². The zero-order valence-corrected chi connectivity index (χ0v) is 12.6. The molecule has 1 aromatic rings. The van der Waals surface area contributed by atoms with Crippen LogP contribution in [-0.2, 0) is 0 Å². The number of nitrogens with two attached hydrogens (primary N) is 1. The Hall–Kier alpha value is -1.62. The number of carbonyl (C=O) groups is 1. The van der Waals surface area contributed by atoms with Gasteiger partial charge in [-0.1, -0.05) is 6.92 Å². The molecule has 1 saturated heterocycles. The molecule has 1 heterocycles. The van der Waals surface area contributed by atoms with Crippen molar-refractivity contribution in [2.75, 3.05) is 31.1 Å². The number of rotatable bonds is 4. The smallest absolute Gasteiger partial charge is 0.324 e. The summed E-state index contributed by atoms with van der Waals surface area (Å²) >= 11 is 0. The molecule has 0 radical (unpaired) electrons. The number of piperidine rings is 1. The van der Waals surface area contributed by atoms with Crippen LogP contribution < -0.4 is 10.6 Å². The summed E-state index contributed by atoms with van der Waals surface area (Å²) in [6.07, 6.45) is 2.94. The fraction of sp³-hybridized carbons (Fsp3) is 0.562. The van der Waals surface area contributed by atoms with Crippen molar-refractivity contribution in [3.8, 4) is 0 Å². The van der Waals surface area contributed by atoms with E-state index in [4.69, 9.17) is 5.73 Å². The van der Waals surface area contributed by atoms with E-state index >= 15 is 0 Å². The van der Waals surface area contributed by atoms with Gasteiger partial charge in [0.1, 0.15) is 5.82 Å². The topological polar surface area (TPSA) is 49.6 Å². The second-order valence-electron chi connectivity index (χ2n) is 5.75. The zero-order valence-electron chi connectivity index (χ0n) is 12.6. The molecule has 4 nitrogen and oxygen atoms in total. The molecule has 0 aliphatic carbocycles. The van der Waals surface area contributed by atoms with Crippen LogP contribution in [0.5, 0.6) is 0 Å². The van der Waals surface area contributed by atoms with Crippen molar-refractivity contribution in [3.63, 3.8) is 0 Å². The van der Waals surface area contributed by atoms with Crippen LogP contribution >= 0.6 is 0 Å². The maximum absolute atomic E-state index is 13.1. The van der Waals surface area contributed by atoms with E-state index in [-0.39, 0.29) is 11.8 Å². The minimum atomic E-state index is -0.295. The summed E-state index contributed by atoms with van der Waals surface area (Å²) in [4.78, 5) is 16.4. The van der Waals surface area contributed by atoms with Crippen molar-refractivity contribution in [1.29, 1.82) is 0 Å². The molecule has 0 saturated carbocycles. The summed E-state index contributed by atoms with van der Waals surface area (Å²) in [6, 6.07) is 6.07. The Morgan fingerprint density at radius 2 is 2.14 bits per heavy atom. The zero-order chi connectivity index (χ0) is 15.2. The van der Waals surface area contributed by atoms with Gasteiger partial charge in [-0.25, -0.2) is 9.18 Å². The lowest BCUT2D eigenvalue weighted by Crippen LogP contribution is -2.48. The average Bonchev–Trinajstić information content (AvgIpc) is 2.49. The van der Waals surface area contributed by atoms with Crippen molar-refractivity contribution in [3.05, 3.63) is 30.1 Å². The second-order valence-corrected chi connectivity index (χ2v) is 5.75. The Morgan fingerprint density at radius 1 is 1.43 bits per heavy atom. The number of benzene rings is 1. The van der Waals surface area contributed by atoms with E-state index < -0.39 is 0 Å². The summed E-state index contributed by atoms with van der Waals surface area (Å²) in [5, 5.41) is 0. The van der Waals surface area contributed by atoms with Gasteiger partial charge in [-0.15, -0.1) is 0 Å². The lowest BCUT2D eigenvalue weighted by Gasteiger charge is -2.35. The first-order valence-electron chi connectivity index (χ1n) is 7.64. The summed E-state index contributed by atoms with van der Waals surface area (Å²) in [5.41, 5.74) is 6.30. The van der Waals surface area contributed by atoms with E-state index in [1.807, 2.05) is 4.90 Å². The molecule has 1 fully saturated rings. The SMILES string of the molecule is CC1CCCN(C(=O)N(CCCN)c2ccc(F)cc2)C1. The maximum Gasteiger partial charge on any atom is 0.324 e. The lowest BCUT2D eigenvalue weighted by molar-refractivity contribution is 0.176. The molecular formula is C16H24FN3O. The molecular weight excluding hydrogens is 269 g/mol. The van der Waals surface area contributed by atoms with Gasteiger partial charge in [-0.3, -0.25) is 4.90 Å². The fourth-order valence-corrected chi connectivity index (χ4v) is 2.74. The molecule has 116 valence electrons. The van der Waals surface area contributed by atoms with E-state index in [1.165, 1.54) is 18.6 Å². The van der Waals surface area contributed by atoms with E-state index in [0.29, 0.717) is 19.0 Å². The van der Waals surface area contributed by atoms with E-state index in [9.17, 15) is 9.18 Å². The molecule has 0 aromatic heterocycles. The molecule has 1 aromatic carbocycles. The molecule has 0 bridgehead atoms. The van der Waals surface area contributed by atoms with Crippen molar-refractivity contribution in [1.82, 2.24) is 4.90 Å². The predicted molar refractivity (Wildman–Crippen MR) is 82.8 cm³/mol. The van der Waals surface area contributed by atoms with E-state index in [0.717, 1.165) is 31.6 Å². The van der Waals surface area contributed by atoms with Crippen LogP contribution in [-0.4, -0.2) is 37.1 Å². The average molecular weight is 293 g/mol. The summed E-state index contributed by atoms with van der Waals surface area (Å²) in [7, 11) is 0. The number of carbonyl (C=O) groups excluding carboxylic acids is 1. The van der Waals surface area contributed by atoms with Gasteiger partial charge in [-0.05, 0) is 56.0 Å². The molecule has 1 atom stereocenters. The number of nitrogens with zero attached hydrogens (tertiary/aromatic N) is 2. The van der Waals surface area contributed by atoms with Gasteiger partial charge in [0.05, 0.1) is 0 Å². The summed E-state index contributed by atoms with van der Waals surface area (Å²) in [5.74, 6) is 0.240. The van der Waals surface area contributed by atoms with Crippen LogP contribution in [0.25, 0.3) is 0 Å². The van der Waals surface area contributed by atoms with E-state index in [2.05, 4.69) is 6.92 Å². The Kier molecular flexibility index (Phi) is 5.56. The van der Waals surface area contributed by atoms with Gasteiger partial charge in [0, 0.05) is 25.3 Å². The second kappa shape index (κ2) is 7.41. The van der Waals surface area contributed by atoms with Crippen molar-refractivity contribution < 1.29 is 9.18 Å². The van der Waals surface area contributed by atoms with Crippen molar-refractivity contribution in [2.24, 2.45) is 11.7 Å². The third-order valence-electron chi connectivity index (χ3n) is 3.88. The normalized spacial score (nSPS) is 18.6. The lowest BCUT2D eigenvalue weighted by atomic mass is 10.0. The number of urea groups is 1. The number of halogens is 1. The molecule has 0 spiro atoms. The first kappa shape index (κ1) is 15.8. The minimum absolute atomic E-state index is 0.00149. The van der Waals surface area contributed by atoms with Crippen LogP contribution in [0.15, 0.2) is 24.3 Å². The van der Waals surface area contributed by atoms with Gasteiger partial charge in [0.15, 0.2) is 0 Å². The van der Waals surface area contributed by atoms with Crippen LogP contribution in [0.2, 0.25) is 0 Å². The van der Waals surface area contributed by atoms with Crippen LogP contribution in [0, 0.1) is 11.7 Å². The highest BCUT2D eigenvalue weighted by Gasteiger charge is 2.26. The third kappa shape index (κ3) is 4.17. The van der Waals surface area contributed by atoms with E-state index in [1.54, 1.807) is 17.0 Å². The highest BCUT2D eigenvalue weighted by molar-refractivity contribution is 5.92. The number of hydrogen-bond acceptors (Lipinski definition) is 2. The molecule has 1 aliphatic heterocycles. The van der Waals surface area contributed by atoms with Crippen molar-refractivity contribution in [2.45, 2.75) is 26.2 Å². The number of likely N-dealkylation sites (tertiary alicyclic amines) is 1. The molecule has 2 amide bonds. The first-order valence-corrected chi connectivity index (χ1v) is 7.64. The standard InChI is InChI=1S/C16H24FN3O/c1-13-4-2-10-19(12-13)16(21)20(11-3-9-18)15-7-5-14(17)6-8-15/h5-8,13H,2-4,9-12,18H2,1H3. The molecule has 1 unspecified atom stereocenters. The summed E-state index contributed by atoms with van der Waals surface area (Å²) < 4.78 is 13.1. The van der Waals surface area contributed by atoms with Gasteiger partial charge < -0.3 is 10.6 Å². The third-order valence-corrected chi connectivity index (χ3v) is 3.88. The molecule has 5 heteroatoms. The fourth-order valence-electron chi connectivity index (χ4n) is 2.74. The van der Waals surface area contributed by atoms with Gasteiger partial charge in [0.25, 0.3) is 0 Å². The largest absolute Gasteiger partial charge is 0.330 e. The predicted octanol–water partition coefficient (Wildman–Crippen LogP) is 2.83. The monoisotopic (exact) mass is 293 g/mol. The Labute approximate surface area is 125 Å². The Balaban J connectivity index is 2.14. The molecule has 21 heavy (non-hydrogen) atoms. The summed E-state index contributed by atoms with van der Waals surface area (Å²) in [6.45, 7) is 4.84. The number of amides is 2. The molecule has 1 aliphatic rings. The van der Waals surface area contributed by atoms with Crippen LogP contribution in [0.1, 0.15) is 26.2 Å².